The Morgan fingerprint density at radius 2 is 1.94 bits per heavy atom. The van der Waals surface area contributed by atoms with Crippen molar-refractivity contribution in [1.82, 2.24) is 9.97 Å². The zero-order chi connectivity index (χ0) is 12.5. The molecule has 0 unspecified atom stereocenters. The molecule has 5 nitrogen and oxygen atoms in total. The minimum absolute atomic E-state index is 0.301. The van der Waals surface area contributed by atoms with Crippen LogP contribution >= 0.6 is 0 Å². The highest BCUT2D eigenvalue weighted by Crippen LogP contribution is 2.14. The van der Waals surface area contributed by atoms with Crippen LogP contribution in [0.5, 0.6) is 0 Å². The van der Waals surface area contributed by atoms with Gasteiger partial charge >= 0.3 is 11.7 Å². The molecule has 5 heteroatoms. The van der Waals surface area contributed by atoms with Crippen molar-refractivity contribution < 1.29 is 8.98 Å². The molecular weight excluding hydrogens is 230 g/mol. The predicted molar refractivity (Wildman–Crippen MR) is 64.3 cm³/mol. The predicted octanol–water partition coefficient (Wildman–Crippen LogP) is 1.17. The minimum Gasteiger partial charge on any atom is -0.397 e. The average Bonchev–Trinajstić information content (AvgIpc) is 2.40. The fourth-order valence-electron chi connectivity index (χ4n) is 1.80. The van der Waals surface area contributed by atoms with E-state index in [0.29, 0.717) is 11.5 Å². The van der Waals surface area contributed by atoms with Gasteiger partial charge in [0.2, 0.25) is 0 Å². The van der Waals surface area contributed by atoms with Crippen molar-refractivity contribution in [1.29, 1.82) is 0 Å². The molecule has 0 amide bonds. The number of rotatable bonds is 1. The zero-order valence-electron chi connectivity index (χ0n) is 9.70. The summed E-state index contributed by atoms with van der Waals surface area (Å²) in [6.07, 6.45) is 4.84. The van der Waals surface area contributed by atoms with Crippen LogP contribution in [-0.4, -0.2) is 9.97 Å². The van der Waals surface area contributed by atoms with Gasteiger partial charge in [0.25, 0.3) is 0 Å². The molecule has 0 radical (unpaired) electrons. The Morgan fingerprint density at radius 3 is 2.72 bits per heavy atom. The van der Waals surface area contributed by atoms with E-state index in [2.05, 4.69) is 9.97 Å². The normalized spacial score (nSPS) is 10.7. The van der Waals surface area contributed by atoms with Crippen molar-refractivity contribution >= 4 is 11.0 Å². The van der Waals surface area contributed by atoms with Crippen LogP contribution < -0.4 is 10.3 Å². The van der Waals surface area contributed by atoms with Crippen molar-refractivity contribution in [2.75, 3.05) is 0 Å². The lowest BCUT2D eigenvalue weighted by atomic mass is 10.2. The van der Waals surface area contributed by atoms with Crippen LogP contribution in [0.2, 0.25) is 0 Å². The molecule has 0 saturated carbocycles. The first-order valence-corrected chi connectivity index (χ1v) is 5.48. The van der Waals surface area contributed by atoms with E-state index < -0.39 is 5.76 Å². The Balaban J connectivity index is 2.33. The molecule has 0 N–H and O–H groups in total. The van der Waals surface area contributed by atoms with E-state index in [9.17, 15) is 4.79 Å². The van der Waals surface area contributed by atoms with E-state index in [4.69, 9.17) is 4.42 Å². The van der Waals surface area contributed by atoms with Crippen molar-refractivity contribution in [3.63, 3.8) is 0 Å². The van der Waals surface area contributed by atoms with Crippen molar-refractivity contribution in [2.45, 2.75) is 6.92 Å². The first-order chi connectivity index (χ1) is 8.75. The summed E-state index contributed by atoms with van der Waals surface area (Å²) in [4.78, 5) is 20.0. The van der Waals surface area contributed by atoms with E-state index in [1.54, 1.807) is 24.7 Å². The van der Waals surface area contributed by atoms with E-state index in [-0.39, 0.29) is 0 Å². The van der Waals surface area contributed by atoms with Crippen LogP contribution in [0.3, 0.4) is 0 Å². The van der Waals surface area contributed by atoms with E-state index in [0.717, 1.165) is 10.9 Å². The number of benzene rings is 1. The van der Waals surface area contributed by atoms with Crippen LogP contribution in [0.1, 0.15) is 5.56 Å². The minimum atomic E-state index is -0.497. The van der Waals surface area contributed by atoms with E-state index in [1.165, 1.54) is 4.57 Å². The first-order valence-electron chi connectivity index (χ1n) is 5.48. The molecule has 0 atom stereocenters. The standard InChI is InChI=1S/C13H10N3O2/c1-9-4-2-5-10-8-16(13(17)18-11(9)10)12-14-6-3-7-15-12/h2-8H,1H3/q+1. The van der Waals surface area contributed by atoms with E-state index >= 15 is 0 Å². The Labute approximate surface area is 102 Å². The molecule has 0 fully saturated rings. The maximum atomic E-state index is 11.9. The monoisotopic (exact) mass is 240 g/mol. The van der Waals surface area contributed by atoms with Gasteiger partial charge in [-0.05, 0) is 18.6 Å². The van der Waals surface area contributed by atoms with Crippen LogP contribution in [0.15, 0.2) is 52.1 Å². The number of aromatic nitrogens is 3. The van der Waals surface area contributed by atoms with Gasteiger partial charge in [-0.15, -0.1) is 4.57 Å². The van der Waals surface area contributed by atoms with Crippen molar-refractivity contribution in [3.05, 3.63) is 59.0 Å². The molecule has 2 aromatic heterocycles. The number of para-hydroxylation sites is 1. The van der Waals surface area contributed by atoms with Gasteiger partial charge in [-0.1, -0.05) is 22.1 Å². The Bertz CT molecular complexity index is 766. The quantitative estimate of drug-likeness (QED) is 0.599. The number of nitrogens with zero attached hydrogens (tertiary/aromatic N) is 3. The van der Waals surface area contributed by atoms with Crippen molar-refractivity contribution in [3.8, 4) is 5.95 Å². The summed E-state index contributed by atoms with van der Waals surface area (Å²) in [6.45, 7) is 1.90. The van der Waals surface area contributed by atoms with Gasteiger partial charge in [-0.3, -0.25) is 0 Å². The molecular formula is C13H10N3O2+. The largest absolute Gasteiger partial charge is 0.488 e. The molecule has 18 heavy (non-hydrogen) atoms. The fourth-order valence-corrected chi connectivity index (χ4v) is 1.80. The second-order valence-electron chi connectivity index (χ2n) is 3.91. The zero-order valence-corrected chi connectivity index (χ0v) is 9.70. The smallest absolute Gasteiger partial charge is 0.397 e. The van der Waals surface area contributed by atoms with Gasteiger partial charge in [0.15, 0.2) is 0 Å². The van der Waals surface area contributed by atoms with Gasteiger partial charge in [0, 0.05) is 11.5 Å². The summed E-state index contributed by atoms with van der Waals surface area (Å²) in [6, 6.07) is 7.38. The van der Waals surface area contributed by atoms with Gasteiger partial charge in [-0.2, -0.15) is 0 Å². The molecule has 0 spiro atoms. The highest BCUT2D eigenvalue weighted by molar-refractivity contribution is 5.77. The number of aryl methyl sites for hydroxylation is 1. The number of hydrogen-bond donors (Lipinski definition) is 0. The number of hydrogen-bond acceptors (Lipinski definition) is 4. The Hall–Kier alpha value is -2.56. The van der Waals surface area contributed by atoms with E-state index in [1.807, 2.05) is 25.1 Å². The average molecular weight is 240 g/mol. The highest BCUT2D eigenvalue weighted by Gasteiger charge is 2.15. The molecule has 3 aromatic rings. The molecule has 0 aliphatic rings. The third-order valence-corrected chi connectivity index (χ3v) is 2.66. The van der Waals surface area contributed by atoms with Crippen molar-refractivity contribution in [2.24, 2.45) is 0 Å². The molecule has 1 aromatic carbocycles. The third-order valence-electron chi connectivity index (χ3n) is 2.66. The molecule has 88 valence electrons. The number of fused-ring (bicyclic) bond motifs is 1. The fraction of sp³-hybridized carbons (Fsp3) is 0.0769. The summed E-state index contributed by atoms with van der Waals surface area (Å²) < 4.78 is 6.60. The molecule has 2 heterocycles. The lowest BCUT2D eigenvalue weighted by Gasteiger charge is -2.00. The third kappa shape index (κ3) is 1.66. The van der Waals surface area contributed by atoms with Crippen LogP contribution in [0.4, 0.5) is 0 Å². The molecule has 0 saturated heterocycles. The summed E-state index contributed by atoms with van der Waals surface area (Å²) >= 11 is 0. The van der Waals surface area contributed by atoms with Gasteiger partial charge in [0.1, 0.15) is 18.0 Å². The molecule has 0 bridgehead atoms. The lowest BCUT2D eigenvalue weighted by molar-refractivity contribution is -0.630. The SMILES string of the molecule is Cc1cccc2c[n+](-c3ncccn3)c(=O)oc12. The first kappa shape index (κ1) is 10.6. The summed E-state index contributed by atoms with van der Waals surface area (Å²) in [5, 5.41) is 0.835. The maximum absolute atomic E-state index is 11.9. The Morgan fingerprint density at radius 1 is 1.17 bits per heavy atom. The Kier molecular flexibility index (Phi) is 2.37. The summed E-state index contributed by atoms with van der Waals surface area (Å²) in [7, 11) is 0. The van der Waals surface area contributed by atoms with Gasteiger partial charge in [0.05, 0.1) is 6.20 Å². The summed E-state index contributed by atoms with van der Waals surface area (Å²) in [5.41, 5.74) is 1.51. The second kappa shape index (κ2) is 4.03. The molecule has 0 aliphatic heterocycles. The molecule has 3 rings (SSSR count). The lowest BCUT2D eigenvalue weighted by Crippen LogP contribution is -2.48. The molecule has 0 aliphatic carbocycles. The maximum Gasteiger partial charge on any atom is 0.488 e. The van der Waals surface area contributed by atoms with Crippen LogP contribution in [0, 0.1) is 6.92 Å². The summed E-state index contributed by atoms with van der Waals surface area (Å²) in [5.74, 6) is -0.197. The van der Waals surface area contributed by atoms with Gasteiger partial charge in [-0.25, -0.2) is 4.79 Å². The van der Waals surface area contributed by atoms with Crippen LogP contribution in [-0.2, 0) is 0 Å². The highest BCUT2D eigenvalue weighted by atomic mass is 16.4. The second-order valence-corrected chi connectivity index (χ2v) is 3.91. The van der Waals surface area contributed by atoms with Crippen LogP contribution in [0.25, 0.3) is 16.9 Å². The van der Waals surface area contributed by atoms with Gasteiger partial charge < -0.3 is 4.42 Å². The topological polar surface area (TPSA) is 59.9 Å².